The molecule has 2 aliphatic rings. The number of nitrogens with zero attached hydrogens (tertiary/aromatic N) is 2. The zero-order chi connectivity index (χ0) is 11.2. The fourth-order valence-electron chi connectivity index (χ4n) is 2.20. The number of hydrogen-bond donors (Lipinski definition) is 0. The Morgan fingerprint density at radius 3 is 2.20 bits per heavy atom. The van der Waals surface area contributed by atoms with Crippen molar-refractivity contribution in [1.82, 2.24) is 9.80 Å². The maximum absolute atomic E-state index is 11.6. The summed E-state index contributed by atoms with van der Waals surface area (Å²) in [5.74, 6) is -1.39. The predicted molar refractivity (Wildman–Crippen MR) is 52.1 cm³/mol. The van der Waals surface area contributed by atoms with Gasteiger partial charge in [0.05, 0.1) is 11.8 Å². The van der Waals surface area contributed by atoms with E-state index in [0.717, 1.165) is 4.90 Å². The number of carbonyl (C=O) groups excluding carboxylic acids is 3. The first-order valence-corrected chi connectivity index (χ1v) is 5.25. The molecule has 0 bridgehead atoms. The standard InChI is InChI=1S/C9H11ClN2O3/c1-11-8(14)5-3-12(7(13)2-10)4-6(5)9(11)15/h5-6H,2-4H2,1H3/t5-,6+. The monoisotopic (exact) mass is 230 g/mol. The second kappa shape index (κ2) is 3.48. The SMILES string of the molecule is CN1C(=O)[C@H]2CN(C(=O)CCl)C[C@H]2C1=O. The summed E-state index contributed by atoms with van der Waals surface area (Å²) in [4.78, 5) is 37.1. The van der Waals surface area contributed by atoms with Gasteiger partial charge in [0.2, 0.25) is 17.7 Å². The van der Waals surface area contributed by atoms with Crippen LogP contribution in [0.1, 0.15) is 0 Å². The Kier molecular flexibility index (Phi) is 2.42. The highest BCUT2D eigenvalue weighted by atomic mass is 35.5. The second-order valence-corrected chi connectivity index (χ2v) is 4.15. The number of halogens is 1. The summed E-state index contributed by atoms with van der Waals surface area (Å²) in [6, 6.07) is 0. The number of fused-ring (bicyclic) bond motifs is 1. The molecule has 5 nitrogen and oxygen atoms in total. The first kappa shape index (κ1) is 10.4. The lowest BCUT2D eigenvalue weighted by atomic mass is 10.00. The maximum atomic E-state index is 11.6. The summed E-state index contributed by atoms with van der Waals surface area (Å²) < 4.78 is 0. The lowest BCUT2D eigenvalue weighted by Crippen LogP contribution is -2.36. The molecule has 3 amide bonds. The van der Waals surface area contributed by atoms with Gasteiger partial charge in [0, 0.05) is 20.1 Å². The van der Waals surface area contributed by atoms with Crippen molar-refractivity contribution in [2.24, 2.45) is 11.8 Å². The van der Waals surface area contributed by atoms with Crippen molar-refractivity contribution in [1.29, 1.82) is 0 Å². The van der Waals surface area contributed by atoms with Crippen LogP contribution in [-0.2, 0) is 14.4 Å². The van der Waals surface area contributed by atoms with Crippen molar-refractivity contribution in [3.8, 4) is 0 Å². The predicted octanol–water partition coefficient (Wildman–Crippen LogP) is -0.702. The quantitative estimate of drug-likeness (QED) is 0.442. The van der Waals surface area contributed by atoms with Crippen LogP contribution in [0.5, 0.6) is 0 Å². The van der Waals surface area contributed by atoms with E-state index >= 15 is 0 Å². The molecule has 2 rings (SSSR count). The third kappa shape index (κ3) is 1.42. The molecule has 6 heteroatoms. The summed E-state index contributed by atoms with van der Waals surface area (Å²) in [6.07, 6.45) is 0. The maximum Gasteiger partial charge on any atom is 0.237 e. The van der Waals surface area contributed by atoms with E-state index in [0.29, 0.717) is 13.1 Å². The first-order valence-electron chi connectivity index (χ1n) is 4.71. The van der Waals surface area contributed by atoms with Gasteiger partial charge in [-0.25, -0.2) is 0 Å². The van der Waals surface area contributed by atoms with E-state index < -0.39 is 0 Å². The summed E-state index contributed by atoms with van der Waals surface area (Å²) in [5.41, 5.74) is 0. The third-order valence-electron chi connectivity index (χ3n) is 3.08. The van der Waals surface area contributed by atoms with E-state index in [9.17, 15) is 14.4 Å². The number of imide groups is 1. The number of carbonyl (C=O) groups is 3. The molecule has 2 fully saturated rings. The average molecular weight is 231 g/mol. The van der Waals surface area contributed by atoms with Crippen molar-refractivity contribution in [2.45, 2.75) is 0 Å². The van der Waals surface area contributed by atoms with E-state index in [-0.39, 0.29) is 35.4 Å². The van der Waals surface area contributed by atoms with Crippen molar-refractivity contribution >= 4 is 29.3 Å². The lowest BCUT2D eigenvalue weighted by Gasteiger charge is -2.17. The van der Waals surface area contributed by atoms with Crippen LogP contribution in [-0.4, -0.2) is 53.5 Å². The molecule has 0 aromatic heterocycles. The van der Waals surface area contributed by atoms with E-state index in [1.807, 2.05) is 0 Å². The van der Waals surface area contributed by atoms with Crippen molar-refractivity contribution in [2.75, 3.05) is 26.0 Å². The summed E-state index contributed by atoms with van der Waals surface area (Å²) >= 11 is 5.42. The Morgan fingerprint density at radius 1 is 1.33 bits per heavy atom. The van der Waals surface area contributed by atoms with Crippen LogP contribution in [0.25, 0.3) is 0 Å². The Bertz CT molecular complexity index is 320. The van der Waals surface area contributed by atoms with Gasteiger partial charge >= 0.3 is 0 Å². The zero-order valence-corrected chi connectivity index (χ0v) is 9.03. The summed E-state index contributed by atoms with van der Waals surface area (Å²) in [7, 11) is 1.48. The average Bonchev–Trinajstić information content (AvgIpc) is 2.75. The molecule has 82 valence electrons. The zero-order valence-electron chi connectivity index (χ0n) is 8.27. The Balaban J connectivity index is 2.15. The van der Waals surface area contributed by atoms with Gasteiger partial charge in [-0.1, -0.05) is 0 Å². The van der Waals surface area contributed by atoms with Gasteiger partial charge in [-0.2, -0.15) is 0 Å². The van der Waals surface area contributed by atoms with Crippen molar-refractivity contribution in [3.63, 3.8) is 0 Å². The molecular formula is C9H11ClN2O3. The molecule has 0 saturated carbocycles. The molecule has 15 heavy (non-hydrogen) atoms. The lowest BCUT2D eigenvalue weighted by molar-refractivity contribution is -0.139. The summed E-state index contributed by atoms with van der Waals surface area (Å²) in [5, 5.41) is 0. The minimum Gasteiger partial charge on any atom is -0.340 e. The molecule has 0 N–H and O–H groups in total. The second-order valence-electron chi connectivity index (χ2n) is 3.88. The van der Waals surface area contributed by atoms with Crippen LogP contribution in [0.2, 0.25) is 0 Å². The molecule has 2 atom stereocenters. The number of amides is 3. The van der Waals surface area contributed by atoms with Crippen LogP contribution < -0.4 is 0 Å². The van der Waals surface area contributed by atoms with Crippen molar-refractivity contribution < 1.29 is 14.4 Å². The molecule has 0 unspecified atom stereocenters. The first-order chi connectivity index (χ1) is 7.06. The minimum atomic E-state index is -0.352. The molecule has 2 saturated heterocycles. The van der Waals surface area contributed by atoms with Gasteiger partial charge in [-0.05, 0) is 0 Å². The highest BCUT2D eigenvalue weighted by Crippen LogP contribution is 2.32. The largest absolute Gasteiger partial charge is 0.340 e. The fraction of sp³-hybridized carbons (Fsp3) is 0.667. The van der Waals surface area contributed by atoms with Crippen LogP contribution in [0.4, 0.5) is 0 Å². The normalized spacial score (nSPS) is 30.0. The highest BCUT2D eigenvalue weighted by molar-refractivity contribution is 6.27. The van der Waals surface area contributed by atoms with Crippen LogP contribution in [0.15, 0.2) is 0 Å². The highest BCUT2D eigenvalue weighted by Gasteiger charge is 2.51. The van der Waals surface area contributed by atoms with Gasteiger partial charge in [0.15, 0.2) is 0 Å². The smallest absolute Gasteiger partial charge is 0.237 e. The molecule has 0 aromatic rings. The Hall–Kier alpha value is -1.10. The van der Waals surface area contributed by atoms with Gasteiger partial charge in [-0.15, -0.1) is 11.6 Å². The molecule has 0 aromatic carbocycles. The molecule has 2 heterocycles. The summed E-state index contributed by atoms with van der Waals surface area (Å²) in [6.45, 7) is 0.649. The molecular weight excluding hydrogens is 220 g/mol. The van der Waals surface area contributed by atoms with Gasteiger partial charge in [0.1, 0.15) is 5.88 Å². The number of likely N-dealkylation sites (tertiary alicyclic amines) is 2. The van der Waals surface area contributed by atoms with E-state index in [4.69, 9.17) is 11.6 Å². The van der Waals surface area contributed by atoms with Crippen LogP contribution in [0, 0.1) is 11.8 Å². The Morgan fingerprint density at radius 2 is 1.80 bits per heavy atom. The number of rotatable bonds is 1. The van der Waals surface area contributed by atoms with Gasteiger partial charge in [0.25, 0.3) is 0 Å². The van der Waals surface area contributed by atoms with E-state index in [1.54, 1.807) is 0 Å². The van der Waals surface area contributed by atoms with Crippen molar-refractivity contribution in [3.05, 3.63) is 0 Å². The van der Waals surface area contributed by atoms with Gasteiger partial charge in [-0.3, -0.25) is 19.3 Å². The minimum absolute atomic E-state index is 0.0995. The van der Waals surface area contributed by atoms with Gasteiger partial charge < -0.3 is 4.90 Å². The molecule has 0 aliphatic carbocycles. The van der Waals surface area contributed by atoms with E-state index in [2.05, 4.69) is 0 Å². The number of alkyl halides is 1. The molecule has 0 spiro atoms. The number of hydrogen-bond acceptors (Lipinski definition) is 3. The molecule has 2 aliphatic heterocycles. The van der Waals surface area contributed by atoms with Crippen LogP contribution in [0.3, 0.4) is 0 Å². The fourth-order valence-corrected chi connectivity index (χ4v) is 2.37. The van der Waals surface area contributed by atoms with Crippen LogP contribution >= 0.6 is 11.6 Å². The van der Waals surface area contributed by atoms with E-state index in [1.165, 1.54) is 11.9 Å². The topological polar surface area (TPSA) is 57.7 Å². The molecule has 0 radical (unpaired) electrons. The Labute approximate surface area is 92.0 Å². The third-order valence-corrected chi connectivity index (χ3v) is 3.31.